The summed E-state index contributed by atoms with van der Waals surface area (Å²) < 4.78 is 0. The van der Waals surface area contributed by atoms with Crippen LogP contribution < -0.4 is 15.3 Å². The first kappa shape index (κ1) is 19.9. The summed E-state index contributed by atoms with van der Waals surface area (Å²) in [5, 5.41) is 38.9. The van der Waals surface area contributed by atoms with Gasteiger partial charge in [-0.05, 0) is 9.90 Å². The van der Waals surface area contributed by atoms with Crippen molar-refractivity contribution in [3.05, 3.63) is 0 Å². The molecular weight excluding hydrogens is 280 g/mol. The van der Waals surface area contributed by atoms with Crippen molar-refractivity contribution >= 4 is 27.8 Å². The largest absolute Gasteiger partial charge is 2.00 e. The molecule has 0 amide bonds. The Hall–Kier alpha value is -0.577. The van der Waals surface area contributed by atoms with Crippen LogP contribution in [-0.2, 0) is 33.9 Å². The second-order valence-corrected chi connectivity index (χ2v) is 2.42. The van der Waals surface area contributed by atoms with Gasteiger partial charge in [0.05, 0.1) is 5.97 Å². The normalized spacial score (nSPS) is 9.40. The first-order chi connectivity index (χ1) is 5.78. The Bertz CT molecular complexity index is 238. The molecule has 82 valence electrons. The summed E-state index contributed by atoms with van der Waals surface area (Å²) in [6.45, 7) is 0. The van der Waals surface area contributed by atoms with Crippen LogP contribution in [0.2, 0.25) is 0 Å². The SMILES string of the molecule is O=C([O-])CC(O)(CC(=O)[O-])C(=O)[O-].[PH4+].[Zn+2]. The number of aliphatic carboxylic acids is 3. The van der Waals surface area contributed by atoms with E-state index in [-0.39, 0.29) is 29.4 Å². The second kappa shape index (κ2) is 7.68. The van der Waals surface area contributed by atoms with Gasteiger partial charge in [0.2, 0.25) is 0 Å². The fourth-order valence-electron chi connectivity index (χ4n) is 0.684. The molecule has 0 fully saturated rings. The first-order valence-corrected chi connectivity index (χ1v) is 3.11. The van der Waals surface area contributed by atoms with Crippen molar-refractivity contribution in [2.45, 2.75) is 18.4 Å². The predicted molar refractivity (Wildman–Crippen MR) is 41.7 cm³/mol. The zero-order valence-electron chi connectivity index (χ0n) is 8.02. The van der Waals surface area contributed by atoms with Crippen LogP contribution in [0.15, 0.2) is 0 Å². The maximum absolute atomic E-state index is 10.1. The van der Waals surface area contributed by atoms with Crippen LogP contribution in [0, 0.1) is 0 Å². The van der Waals surface area contributed by atoms with E-state index in [1.165, 1.54) is 0 Å². The molecule has 1 atom stereocenters. The van der Waals surface area contributed by atoms with E-state index in [2.05, 4.69) is 0 Å². The second-order valence-electron chi connectivity index (χ2n) is 2.42. The number of carbonyl (C=O) groups excluding carboxylic acids is 3. The standard InChI is InChI=1S/C6H8O7.H3P.Zn/c7-3(8)1-6(13,5(11)12)2-4(9)10;;/h13H,1-2H2,(H,7,8)(H,9,10)(H,11,12);1H3;/q;;+2/p-2. The van der Waals surface area contributed by atoms with Crippen molar-refractivity contribution in [1.82, 2.24) is 0 Å². The Labute approximate surface area is 101 Å². The van der Waals surface area contributed by atoms with Gasteiger partial charge in [-0.25, -0.2) is 0 Å². The van der Waals surface area contributed by atoms with Gasteiger partial charge in [-0.2, -0.15) is 0 Å². The molecule has 0 aromatic rings. The van der Waals surface area contributed by atoms with Gasteiger partial charge >= 0.3 is 19.5 Å². The number of carboxylic acids is 3. The average Bonchev–Trinajstić information content (AvgIpc) is 1.82. The summed E-state index contributed by atoms with van der Waals surface area (Å²) in [6.07, 6.45) is -2.72. The Morgan fingerprint density at radius 2 is 1.27 bits per heavy atom. The first-order valence-electron chi connectivity index (χ1n) is 3.11. The van der Waals surface area contributed by atoms with Crippen molar-refractivity contribution in [3.8, 4) is 0 Å². The van der Waals surface area contributed by atoms with Crippen LogP contribution in [-0.4, -0.2) is 28.6 Å². The van der Waals surface area contributed by atoms with Gasteiger partial charge in [-0.3, -0.25) is 0 Å². The number of carbonyl (C=O) groups is 3. The summed E-state index contributed by atoms with van der Waals surface area (Å²) in [7, 11) is 0. The van der Waals surface area contributed by atoms with Gasteiger partial charge in [0.15, 0.2) is 0 Å². The van der Waals surface area contributed by atoms with E-state index < -0.39 is 36.4 Å². The van der Waals surface area contributed by atoms with Gasteiger partial charge in [0.1, 0.15) is 5.60 Å². The molecular formula is C6H9O7PZn. The molecule has 9 heteroatoms. The van der Waals surface area contributed by atoms with Crippen LogP contribution in [0.3, 0.4) is 0 Å². The molecule has 0 aliphatic heterocycles. The van der Waals surface area contributed by atoms with Crippen LogP contribution in [0.5, 0.6) is 0 Å². The predicted octanol–water partition coefficient (Wildman–Crippen LogP) is -5.46. The quantitative estimate of drug-likeness (QED) is 0.393. The van der Waals surface area contributed by atoms with E-state index in [9.17, 15) is 29.7 Å². The summed E-state index contributed by atoms with van der Waals surface area (Å²) in [5.74, 6) is -5.98. The van der Waals surface area contributed by atoms with E-state index >= 15 is 0 Å². The zero-order chi connectivity index (χ0) is 10.6. The molecule has 0 spiro atoms. The molecule has 7 nitrogen and oxygen atoms in total. The monoisotopic (exact) mass is 288 g/mol. The Balaban J connectivity index is -0.000000720. The van der Waals surface area contributed by atoms with E-state index in [0.29, 0.717) is 0 Å². The number of hydrogen-bond acceptors (Lipinski definition) is 7. The Kier molecular flexibility index (Phi) is 10.2. The maximum atomic E-state index is 10.1. The van der Waals surface area contributed by atoms with Gasteiger partial charge in [-0.1, -0.05) is 0 Å². The van der Waals surface area contributed by atoms with E-state index in [0.717, 1.165) is 0 Å². The molecule has 0 aliphatic rings. The number of carboxylic acid groups (broad SMARTS) is 3. The molecule has 0 aromatic heterocycles. The van der Waals surface area contributed by atoms with Gasteiger partial charge < -0.3 is 34.8 Å². The van der Waals surface area contributed by atoms with Crippen LogP contribution in [0.4, 0.5) is 0 Å². The minimum atomic E-state index is -2.97. The molecule has 0 heterocycles. The third-order valence-electron chi connectivity index (χ3n) is 1.25. The molecule has 1 N–H and O–H groups in total. The molecule has 0 rings (SSSR count). The van der Waals surface area contributed by atoms with Crippen molar-refractivity contribution in [3.63, 3.8) is 0 Å². The maximum Gasteiger partial charge on any atom is 2.00 e. The molecule has 0 aliphatic carbocycles. The minimum absolute atomic E-state index is 0. The summed E-state index contributed by atoms with van der Waals surface area (Å²) in [6, 6.07) is 0. The number of rotatable bonds is 5. The summed E-state index contributed by atoms with van der Waals surface area (Å²) in [4.78, 5) is 30.0. The average molecular weight is 289 g/mol. The van der Waals surface area contributed by atoms with Crippen LogP contribution in [0.1, 0.15) is 12.8 Å². The van der Waals surface area contributed by atoms with E-state index in [1.54, 1.807) is 0 Å². The zero-order valence-corrected chi connectivity index (χ0v) is 13.0. The third-order valence-corrected chi connectivity index (χ3v) is 1.25. The van der Waals surface area contributed by atoms with Crippen molar-refractivity contribution in [2.75, 3.05) is 0 Å². The molecule has 15 heavy (non-hydrogen) atoms. The molecule has 0 saturated heterocycles. The molecule has 1 unspecified atom stereocenters. The topological polar surface area (TPSA) is 141 Å². The molecule has 0 bridgehead atoms. The fraction of sp³-hybridized carbons (Fsp3) is 0.500. The molecule has 0 saturated carbocycles. The third kappa shape index (κ3) is 7.36. The Morgan fingerprint density at radius 1 is 1.00 bits per heavy atom. The van der Waals surface area contributed by atoms with Gasteiger partial charge in [0, 0.05) is 24.8 Å². The van der Waals surface area contributed by atoms with Crippen molar-refractivity contribution in [2.24, 2.45) is 0 Å². The minimum Gasteiger partial charge on any atom is -0.550 e. The summed E-state index contributed by atoms with van der Waals surface area (Å²) in [5.41, 5.74) is -2.97. The fourth-order valence-corrected chi connectivity index (χ4v) is 0.684. The van der Waals surface area contributed by atoms with Gasteiger partial charge in [-0.15, -0.1) is 0 Å². The van der Waals surface area contributed by atoms with Crippen LogP contribution >= 0.6 is 9.90 Å². The number of hydrogen-bond donors (Lipinski definition) is 1. The van der Waals surface area contributed by atoms with Crippen molar-refractivity contribution < 1.29 is 54.3 Å². The van der Waals surface area contributed by atoms with Gasteiger partial charge in [0.25, 0.3) is 0 Å². The van der Waals surface area contributed by atoms with E-state index in [4.69, 9.17) is 5.11 Å². The number of aliphatic hydroxyl groups is 1. The molecule has 0 radical (unpaired) electrons. The van der Waals surface area contributed by atoms with Crippen LogP contribution in [0.25, 0.3) is 0 Å². The van der Waals surface area contributed by atoms with E-state index in [1.807, 2.05) is 0 Å². The molecule has 0 aromatic carbocycles. The summed E-state index contributed by atoms with van der Waals surface area (Å²) >= 11 is 0. The Morgan fingerprint density at radius 3 is 1.40 bits per heavy atom. The smallest absolute Gasteiger partial charge is 0.550 e. The van der Waals surface area contributed by atoms with Crippen molar-refractivity contribution in [1.29, 1.82) is 0 Å².